The van der Waals surface area contributed by atoms with Gasteiger partial charge in [-0.25, -0.2) is 0 Å². The third-order valence-electron chi connectivity index (χ3n) is 2.79. The van der Waals surface area contributed by atoms with E-state index < -0.39 is 11.9 Å². The molecule has 0 bridgehead atoms. The molecule has 0 aliphatic carbocycles. The number of aliphatic carboxylic acids is 1. The fourth-order valence-electron chi connectivity index (χ4n) is 1.77. The Morgan fingerprint density at radius 3 is 2.44 bits per heavy atom. The number of carboxylic acids is 1. The van der Waals surface area contributed by atoms with Crippen molar-refractivity contribution in [2.24, 2.45) is 11.7 Å². The Morgan fingerprint density at radius 2 is 2.00 bits per heavy atom. The van der Waals surface area contributed by atoms with Crippen molar-refractivity contribution in [3.05, 3.63) is 34.3 Å². The molecule has 0 aliphatic rings. The Balaban J connectivity index is 2.85. The van der Waals surface area contributed by atoms with Crippen LogP contribution in [0.15, 0.2) is 28.7 Å². The SMILES string of the molecule is CC(c1ccc(Br)cc1)C(CCN)C(=O)O. The van der Waals surface area contributed by atoms with Crippen LogP contribution in [0.1, 0.15) is 24.8 Å². The van der Waals surface area contributed by atoms with E-state index in [0.29, 0.717) is 13.0 Å². The van der Waals surface area contributed by atoms with E-state index in [9.17, 15) is 4.79 Å². The van der Waals surface area contributed by atoms with Gasteiger partial charge in [-0.3, -0.25) is 4.79 Å². The van der Waals surface area contributed by atoms with Gasteiger partial charge in [-0.15, -0.1) is 0 Å². The van der Waals surface area contributed by atoms with Crippen LogP contribution in [-0.4, -0.2) is 17.6 Å². The zero-order valence-electron chi connectivity index (χ0n) is 9.19. The standard InChI is InChI=1S/C12H16BrNO2/c1-8(11(6-7-14)12(15)16)9-2-4-10(13)5-3-9/h2-5,8,11H,6-7,14H2,1H3,(H,15,16). The maximum atomic E-state index is 11.1. The van der Waals surface area contributed by atoms with Crippen molar-refractivity contribution in [3.8, 4) is 0 Å². The molecule has 0 saturated heterocycles. The molecule has 1 rings (SSSR count). The van der Waals surface area contributed by atoms with E-state index in [4.69, 9.17) is 10.8 Å². The van der Waals surface area contributed by atoms with Gasteiger partial charge in [0.2, 0.25) is 0 Å². The Hall–Kier alpha value is -0.870. The number of halogens is 1. The van der Waals surface area contributed by atoms with Crippen LogP contribution in [0, 0.1) is 5.92 Å². The maximum Gasteiger partial charge on any atom is 0.307 e. The molecule has 0 aliphatic heterocycles. The molecule has 1 aromatic rings. The Bertz CT molecular complexity index is 351. The molecule has 3 nitrogen and oxygen atoms in total. The van der Waals surface area contributed by atoms with Gasteiger partial charge in [-0.2, -0.15) is 0 Å². The molecule has 1 aromatic carbocycles. The van der Waals surface area contributed by atoms with Gasteiger partial charge in [-0.05, 0) is 36.6 Å². The third kappa shape index (κ3) is 3.32. The van der Waals surface area contributed by atoms with Gasteiger partial charge in [-0.1, -0.05) is 35.0 Å². The lowest BCUT2D eigenvalue weighted by Gasteiger charge is -2.19. The topological polar surface area (TPSA) is 63.3 Å². The molecular formula is C12H16BrNO2. The predicted molar refractivity (Wildman–Crippen MR) is 67.4 cm³/mol. The molecule has 0 aromatic heterocycles. The highest BCUT2D eigenvalue weighted by Gasteiger charge is 2.24. The minimum absolute atomic E-state index is 0.0193. The van der Waals surface area contributed by atoms with Crippen molar-refractivity contribution >= 4 is 21.9 Å². The number of hydrogen-bond acceptors (Lipinski definition) is 2. The van der Waals surface area contributed by atoms with Gasteiger partial charge in [0.1, 0.15) is 0 Å². The number of carbonyl (C=O) groups is 1. The van der Waals surface area contributed by atoms with Crippen molar-refractivity contribution in [3.63, 3.8) is 0 Å². The molecule has 0 saturated carbocycles. The van der Waals surface area contributed by atoms with Gasteiger partial charge in [0.25, 0.3) is 0 Å². The number of rotatable bonds is 5. The normalized spacial score (nSPS) is 14.4. The quantitative estimate of drug-likeness (QED) is 0.874. The highest BCUT2D eigenvalue weighted by atomic mass is 79.9. The molecule has 0 heterocycles. The van der Waals surface area contributed by atoms with Gasteiger partial charge in [0, 0.05) is 4.47 Å². The summed E-state index contributed by atoms with van der Waals surface area (Å²) in [6, 6.07) is 7.74. The van der Waals surface area contributed by atoms with E-state index in [1.807, 2.05) is 31.2 Å². The minimum atomic E-state index is -0.777. The number of carboxylic acid groups (broad SMARTS) is 1. The van der Waals surface area contributed by atoms with Crippen molar-refractivity contribution in [2.75, 3.05) is 6.54 Å². The maximum absolute atomic E-state index is 11.1. The second-order valence-electron chi connectivity index (χ2n) is 3.86. The highest BCUT2D eigenvalue weighted by Crippen LogP contribution is 2.27. The van der Waals surface area contributed by atoms with Gasteiger partial charge >= 0.3 is 5.97 Å². The van der Waals surface area contributed by atoms with Gasteiger partial charge in [0.15, 0.2) is 0 Å². The van der Waals surface area contributed by atoms with Crippen LogP contribution >= 0.6 is 15.9 Å². The molecule has 0 fully saturated rings. The smallest absolute Gasteiger partial charge is 0.307 e. The number of benzene rings is 1. The van der Waals surface area contributed by atoms with E-state index in [1.165, 1.54) is 0 Å². The summed E-state index contributed by atoms with van der Waals surface area (Å²) in [5.74, 6) is -1.21. The van der Waals surface area contributed by atoms with E-state index in [1.54, 1.807) is 0 Å². The monoisotopic (exact) mass is 285 g/mol. The fourth-order valence-corrected chi connectivity index (χ4v) is 2.03. The van der Waals surface area contributed by atoms with E-state index in [-0.39, 0.29) is 5.92 Å². The summed E-state index contributed by atoms with van der Waals surface area (Å²) in [5, 5.41) is 9.13. The van der Waals surface area contributed by atoms with Crippen molar-refractivity contribution in [2.45, 2.75) is 19.3 Å². The van der Waals surface area contributed by atoms with E-state index in [0.717, 1.165) is 10.0 Å². The molecule has 2 atom stereocenters. The lowest BCUT2D eigenvalue weighted by atomic mass is 9.85. The van der Waals surface area contributed by atoms with Crippen LogP contribution in [0.5, 0.6) is 0 Å². The van der Waals surface area contributed by atoms with E-state index >= 15 is 0 Å². The zero-order valence-corrected chi connectivity index (χ0v) is 10.8. The molecule has 4 heteroatoms. The summed E-state index contributed by atoms with van der Waals surface area (Å²) in [5.41, 5.74) is 6.47. The summed E-state index contributed by atoms with van der Waals surface area (Å²) >= 11 is 3.35. The second-order valence-corrected chi connectivity index (χ2v) is 4.78. The molecule has 3 N–H and O–H groups in total. The zero-order chi connectivity index (χ0) is 12.1. The van der Waals surface area contributed by atoms with Crippen molar-refractivity contribution in [1.82, 2.24) is 0 Å². The lowest BCUT2D eigenvalue weighted by Crippen LogP contribution is -2.23. The first-order valence-electron chi connectivity index (χ1n) is 5.24. The first kappa shape index (κ1) is 13.2. The molecule has 0 spiro atoms. The van der Waals surface area contributed by atoms with Crippen LogP contribution in [0.4, 0.5) is 0 Å². The van der Waals surface area contributed by atoms with Gasteiger partial charge in [0.05, 0.1) is 5.92 Å². The molecule has 0 radical (unpaired) electrons. The predicted octanol–water partition coefficient (Wildman–Crippen LogP) is 2.60. The number of nitrogens with two attached hydrogens (primary N) is 1. The Labute approximate surface area is 104 Å². The average Bonchev–Trinajstić information content (AvgIpc) is 2.25. The van der Waals surface area contributed by atoms with Gasteiger partial charge < -0.3 is 10.8 Å². The van der Waals surface area contributed by atoms with Crippen molar-refractivity contribution in [1.29, 1.82) is 0 Å². The molecule has 88 valence electrons. The Morgan fingerprint density at radius 1 is 1.44 bits per heavy atom. The number of hydrogen-bond donors (Lipinski definition) is 2. The summed E-state index contributed by atoms with van der Waals surface area (Å²) in [6.07, 6.45) is 0.507. The fraction of sp³-hybridized carbons (Fsp3) is 0.417. The average molecular weight is 286 g/mol. The molecule has 16 heavy (non-hydrogen) atoms. The summed E-state index contributed by atoms with van der Waals surface area (Å²) in [4.78, 5) is 11.1. The summed E-state index contributed by atoms with van der Waals surface area (Å²) in [7, 11) is 0. The largest absolute Gasteiger partial charge is 0.481 e. The highest BCUT2D eigenvalue weighted by molar-refractivity contribution is 9.10. The minimum Gasteiger partial charge on any atom is -0.481 e. The van der Waals surface area contributed by atoms with Crippen LogP contribution in [0.25, 0.3) is 0 Å². The molecule has 2 unspecified atom stereocenters. The van der Waals surface area contributed by atoms with Crippen LogP contribution in [-0.2, 0) is 4.79 Å². The van der Waals surface area contributed by atoms with Crippen LogP contribution in [0.2, 0.25) is 0 Å². The van der Waals surface area contributed by atoms with Crippen molar-refractivity contribution < 1.29 is 9.90 Å². The molecular weight excluding hydrogens is 270 g/mol. The summed E-state index contributed by atoms with van der Waals surface area (Å²) < 4.78 is 0.995. The van der Waals surface area contributed by atoms with Crippen LogP contribution in [0.3, 0.4) is 0 Å². The summed E-state index contributed by atoms with van der Waals surface area (Å²) in [6.45, 7) is 2.33. The first-order chi connectivity index (χ1) is 7.56. The Kier molecular flexibility index (Phi) is 4.96. The second kappa shape index (κ2) is 6.01. The first-order valence-corrected chi connectivity index (χ1v) is 6.04. The van der Waals surface area contributed by atoms with E-state index in [2.05, 4.69) is 15.9 Å². The third-order valence-corrected chi connectivity index (χ3v) is 3.32. The van der Waals surface area contributed by atoms with Crippen LogP contribution < -0.4 is 5.73 Å². The molecule has 0 amide bonds. The lowest BCUT2D eigenvalue weighted by molar-refractivity contribution is -0.142.